The van der Waals surface area contributed by atoms with Crippen molar-refractivity contribution in [3.8, 4) is 0 Å². The number of carbonyl (C=O) groups excluding carboxylic acids is 1. The zero-order valence-corrected chi connectivity index (χ0v) is 13.3. The number of carbonyl (C=O) groups is 1. The fourth-order valence-electron chi connectivity index (χ4n) is 1.91. The van der Waals surface area contributed by atoms with Crippen molar-refractivity contribution in [2.24, 2.45) is 0 Å². The van der Waals surface area contributed by atoms with E-state index in [9.17, 15) is 9.59 Å². The fourth-order valence-corrected chi connectivity index (χ4v) is 3.52. The van der Waals surface area contributed by atoms with Crippen molar-refractivity contribution in [3.63, 3.8) is 0 Å². The van der Waals surface area contributed by atoms with Crippen LogP contribution in [0.2, 0.25) is 0 Å². The van der Waals surface area contributed by atoms with E-state index in [1.165, 1.54) is 33.3 Å². The number of thiazole rings is 2. The first-order valence-electron chi connectivity index (χ1n) is 6.18. The summed E-state index contributed by atoms with van der Waals surface area (Å²) in [7, 11) is 0. The molecule has 3 rings (SSSR count). The van der Waals surface area contributed by atoms with Crippen LogP contribution in [0.15, 0.2) is 16.4 Å². The second-order valence-corrected chi connectivity index (χ2v) is 6.63. The molecular weight excluding hydrogens is 308 g/mol. The van der Waals surface area contributed by atoms with Crippen LogP contribution in [0.25, 0.3) is 4.96 Å². The molecular formula is C13H12N4O2S2. The van der Waals surface area contributed by atoms with Crippen molar-refractivity contribution in [2.75, 3.05) is 5.32 Å². The Morgan fingerprint density at radius 1 is 1.33 bits per heavy atom. The van der Waals surface area contributed by atoms with E-state index in [0.29, 0.717) is 10.1 Å². The first kappa shape index (κ1) is 13.9. The van der Waals surface area contributed by atoms with Crippen LogP contribution in [0.5, 0.6) is 0 Å². The van der Waals surface area contributed by atoms with Crippen molar-refractivity contribution in [1.29, 1.82) is 0 Å². The van der Waals surface area contributed by atoms with E-state index in [4.69, 9.17) is 0 Å². The molecule has 3 heterocycles. The van der Waals surface area contributed by atoms with Gasteiger partial charge in [0.1, 0.15) is 5.56 Å². The normalized spacial score (nSPS) is 11.0. The number of anilines is 1. The maximum absolute atomic E-state index is 12.5. The van der Waals surface area contributed by atoms with Crippen LogP contribution in [0.3, 0.4) is 0 Å². The lowest BCUT2D eigenvalue weighted by atomic mass is 10.3. The second kappa shape index (κ2) is 5.05. The van der Waals surface area contributed by atoms with Crippen molar-refractivity contribution >= 4 is 38.7 Å². The largest absolute Gasteiger partial charge is 0.298 e. The first-order chi connectivity index (χ1) is 9.97. The molecule has 8 heteroatoms. The molecule has 0 spiro atoms. The summed E-state index contributed by atoms with van der Waals surface area (Å²) in [5.74, 6) is -0.487. The molecule has 0 aliphatic heterocycles. The molecule has 1 N–H and O–H groups in total. The number of aryl methyl sites for hydroxylation is 3. The predicted molar refractivity (Wildman–Crippen MR) is 83.6 cm³/mol. The fraction of sp³-hybridized carbons (Fsp3) is 0.231. The van der Waals surface area contributed by atoms with Crippen LogP contribution < -0.4 is 10.9 Å². The van der Waals surface area contributed by atoms with Crippen molar-refractivity contribution in [3.05, 3.63) is 43.8 Å². The molecule has 108 valence electrons. The maximum atomic E-state index is 12.5. The van der Waals surface area contributed by atoms with Gasteiger partial charge in [0.2, 0.25) is 0 Å². The highest BCUT2D eigenvalue weighted by atomic mass is 32.1. The molecule has 0 bridgehead atoms. The number of rotatable bonds is 2. The zero-order valence-electron chi connectivity index (χ0n) is 11.6. The number of nitrogens with zero attached hydrogens (tertiary/aromatic N) is 3. The van der Waals surface area contributed by atoms with Crippen LogP contribution in [-0.2, 0) is 0 Å². The van der Waals surface area contributed by atoms with Gasteiger partial charge >= 0.3 is 0 Å². The summed E-state index contributed by atoms with van der Waals surface area (Å²) in [5.41, 5.74) is 1.30. The van der Waals surface area contributed by atoms with Gasteiger partial charge in [0.15, 0.2) is 10.1 Å². The minimum Gasteiger partial charge on any atom is -0.298 e. The van der Waals surface area contributed by atoms with E-state index in [1.54, 1.807) is 0 Å². The minimum absolute atomic E-state index is 0.0150. The molecule has 0 radical (unpaired) electrons. The van der Waals surface area contributed by atoms with Crippen LogP contribution in [0, 0.1) is 20.8 Å². The molecule has 0 saturated heterocycles. The highest BCUT2D eigenvalue weighted by molar-refractivity contribution is 7.17. The van der Waals surface area contributed by atoms with Gasteiger partial charge in [-0.3, -0.25) is 19.3 Å². The standard InChI is InChI=1S/C13H12N4O2S2/c1-6-5-20-12(15-6)16-10(18)9-4-14-13-17(11(9)19)7(2)8(3)21-13/h4-5H,1-3H3,(H,15,16,18). The Hall–Kier alpha value is -2.06. The van der Waals surface area contributed by atoms with E-state index in [0.717, 1.165) is 16.3 Å². The summed E-state index contributed by atoms with van der Waals surface area (Å²) in [6.45, 7) is 5.60. The van der Waals surface area contributed by atoms with Crippen molar-refractivity contribution < 1.29 is 4.79 Å². The lowest BCUT2D eigenvalue weighted by Crippen LogP contribution is -2.26. The van der Waals surface area contributed by atoms with Crippen LogP contribution in [0.4, 0.5) is 5.13 Å². The Balaban J connectivity index is 2.04. The number of nitrogens with one attached hydrogen (secondary N) is 1. The molecule has 1 amide bonds. The Bertz CT molecular complexity index is 907. The second-order valence-electron chi connectivity index (χ2n) is 4.59. The average Bonchev–Trinajstić information content (AvgIpc) is 2.95. The summed E-state index contributed by atoms with van der Waals surface area (Å²) >= 11 is 2.75. The van der Waals surface area contributed by atoms with E-state index < -0.39 is 5.91 Å². The summed E-state index contributed by atoms with van der Waals surface area (Å²) < 4.78 is 1.47. The summed E-state index contributed by atoms with van der Waals surface area (Å²) in [5, 5.41) is 4.93. The molecule has 21 heavy (non-hydrogen) atoms. The Labute approximate surface area is 128 Å². The molecule has 0 unspecified atom stereocenters. The smallest absolute Gasteiger partial charge is 0.271 e. The topological polar surface area (TPSA) is 76.4 Å². The maximum Gasteiger partial charge on any atom is 0.271 e. The highest BCUT2D eigenvalue weighted by Gasteiger charge is 2.17. The monoisotopic (exact) mass is 320 g/mol. The quantitative estimate of drug-likeness (QED) is 0.786. The minimum atomic E-state index is -0.487. The zero-order chi connectivity index (χ0) is 15.1. The Morgan fingerprint density at radius 2 is 2.10 bits per heavy atom. The lowest BCUT2D eigenvalue weighted by molar-refractivity contribution is 0.102. The van der Waals surface area contributed by atoms with Gasteiger partial charge in [0, 0.05) is 22.1 Å². The molecule has 6 nitrogen and oxygen atoms in total. The van der Waals surface area contributed by atoms with Gasteiger partial charge in [0.05, 0.1) is 5.69 Å². The number of fused-ring (bicyclic) bond motifs is 1. The van der Waals surface area contributed by atoms with Gasteiger partial charge < -0.3 is 0 Å². The third kappa shape index (κ3) is 2.36. The number of aromatic nitrogens is 3. The van der Waals surface area contributed by atoms with E-state index in [1.807, 2.05) is 26.2 Å². The van der Waals surface area contributed by atoms with Gasteiger partial charge in [-0.1, -0.05) is 0 Å². The summed E-state index contributed by atoms with van der Waals surface area (Å²) in [6.07, 6.45) is 1.32. The van der Waals surface area contributed by atoms with E-state index >= 15 is 0 Å². The third-order valence-corrected chi connectivity index (χ3v) is 5.05. The Morgan fingerprint density at radius 3 is 2.76 bits per heavy atom. The first-order valence-corrected chi connectivity index (χ1v) is 7.88. The average molecular weight is 320 g/mol. The predicted octanol–water partition coefficient (Wildman–Crippen LogP) is 2.39. The number of hydrogen-bond acceptors (Lipinski definition) is 6. The molecule has 0 aliphatic carbocycles. The van der Waals surface area contributed by atoms with Gasteiger partial charge in [-0.25, -0.2) is 9.97 Å². The molecule has 3 aromatic heterocycles. The van der Waals surface area contributed by atoms with Crippen LogP contribution in [-0.4, -0.2) is 20.3 Å². The summed E-state index contributed by atoms with van der Waals surface area (Å²) in [4.78, 5) is 34.6. The van der Waals surface area contributed by atoms with Crippen molar-refractivity contribution in [2.45, 2.75) is 20.8 Å². The van der Waals surface area contributed by atoms with Gasteiger partial charge in [-0.15, -0.1) is 22.7 Å². The highest BCUT2D eigenvalue weighted by Crippen LogP contribution is 2.19. The number of amides is 1. The van der Waals surface area contributed by atoms with Gasteiger partial charge in [-0.05, 0) is 20.8 Å². The number of hydrogen-bond donors (Lipinski definition) is 1. The SMILES string of the molecule is Cc1csc(NC(=O)c2cnc3sc(C)c(C)n3c2=O)n1. The van der Waals surface area contributed by atoms with Crippen molar-refractivity contribution in [1.82, 2.24) is 14.4 Å². The molecule has 0 saturated carbocycles. The third-order valence-electron chi connectivity index (χ3n) is 3.10. The summed E-state index contributed by atoms with van der Waals surface area (Å²) in [6, 6.07) is 0. The molecule has 0 atom stereocenters. The molecule has 0 aromatic carbocycles. The Kier molecular flexibility index (Phi) is 3.34. The van der Waals surface area contributed by atoms with E-state index in [2.05, 4.69) is 15.3 Å². The lowest BCUT2D eigenvalue weighted by Gasteiger charge is -2.02. The van der Waals surface area contributed by atoms with E-state index in [-0.39, 0.29) is 11.1 Å². The van der Waals surface area contributed by atoms with Gasteiger partial charge in [0.25, 0.3) is 11.5 Å². The molecule has 3 aromatic rings. The van der Waals surface area contributed by atoms with Crippen LogP contribution in [0.1, 0.15) is 26.6 Å². The molecule has 0 aliphatic rings. The van der Waals surface area contributed by atoms with Gasteiger partial charge in [-0.2, -0.15) is 0 Å². The van der Waals surface area contributed by atoms with Crippen LogP contribution >= 0.6 is 22.7 Å². The molecule has 0 fully saturated rings.